The molecule has 9 heteroatoms. The van der Waals surface area contributed by atoms with Crippen LogP contribution < -0.4 is 10.0 Å². The number of nitrogens with one attached hydrogen (secondary N) is 2. The molecule has 0 heterocycles. The highest BCUT2D eigenvalue weighted by molar-refractivity contribution is 7.89. The lowest BCUT2D eigenvalue weighted by molar-refractivity contribution is -0.143. The topological polar surface area (TPSA) is 113 Å². The number of hydrogen-bond donors (Lipinski definition) is 3. The van der Waals surface area contributed by atoms with Gasteiger partial charge in [-0.05, 0) is 25.0 Å². The molecule has 0 spiro atoms. The SMILES string of the molecule is CC(NS(=O)(=O)c1ccccc1F)C(=O)N[C@@H](C(=O)O)C(C)C. The first-order valence-corrected chi connectivity index (χ1v) is 8.34. The number of aliphatic carboxylic acids is 1. The van der Waals surface area contributed by atoms with Gasteiger partial charge in [-0.1, -0.05) is 26.0 Å². The summed E-state index contributed by atoms with van der Waals surface area (Å²) in [5.74, 6) is -3.37. The van der Waals surface area contributed by atoms with E-state index >= 15 is 0 Å². The first-order chi connectivity index (χ1) is 10.6. The molecule has 128 valence electrons. The maximum Gasteiger partial charge on any atom is 0.326 e. The molecule has 0 aliphatic heterocycles. The largest absolute Gasteiger partial charge is 0.480 e. The highest BCUT2D eigenvalue weighted by atomic mass is 32.2. The van der Waals surface area contributed by atoms with Gasteiger partial charge in [-0.15, -0.1) is 0 Å². The summed E-state index contributed by atoms with van der Waals surface area (Å²) in [4.78, 5) is 22.4. The van der Waals surface area contributed by atoms with Crippen molar-refractivity contribution in [2.24, 2.45) is 5.92 Å². The van der Waals surface area contributed by atoms with E-state index in [1.807, 2.05) is 4.72 Å². The predicted octanol–water partition coefficient (Wildman–Crippen LogP) is 0.718. The van der Waals surface area contributed by atoms with Crippen LogP contribution in [0.15, 0.2) is 29.2 Å². The molecule has 0 aliphatic carbocycles. The highest BCUT2D eigenvalue weighted by Crippen LogP contribution is 2.13. The normalized spacial score (nSPS) is 14.3. The van der Waals surface area contributed by atoms with Crippen LogP contribution in [0.25, 0.3) is 0 Å². The van der Waals surface area contributed by atoms with Crippen LogP contribution in [0.4, 0.5) is 4.39 Å². The van der Waals surface area contributed by atoms with Gasteiger partial charge in [0.25, 0.3) is 0 Å². The Bertz CT molecular complexity index is 690. The minimum atomic E-state index is -4.24. The van der Waals surface area contributed by atoms with Gasteiger partial charge in [-0.3, -0.25) is 4.79 Å². The van der Waals surface area contributed by atoms with Crippen LogP contribution in [0.5, 0.6) is 0 Å². The lowest BCUT2D eigenvalue weighted by Gasteiger charge is -2.21. The standard InChI is InChI=1S/C14H19FN2O5S/c1-8(2)12(14(19)20)16-13(18)9(3)17-23(21,22)11-7-5-4-6-10(11)15/h4-9,12,17H,1-3H3,(H,16,18)(H,19,20)/t9?,12-/m1/s1. The summed E-state index contributed by atoms with van der Waals surface area (Å²) >= 11 is 0. The summed E-state index contributed by atoms with van der Waals surface area (Å²) in [6.45, 7) is 4.45. The Morgan fingerprint density at radius 1 is 1.17 bits per heavy atom. The van der Waals surface area contributed by atoms with Gasteiger partial charge in [0, 0.05) is 0 Å². The monoisotopic (exact) mass is 346 g/mol. The molecule has 0 fully saturated rings. The van der Waals surface area contributed by atoms with Crippen molar-refractivity contribution in [1.29, 1.82) is 0 Å². The molecule has 3 N–H and O–H groups in total. The maximum absolute atomic E-state index is 13.6. The molecule has 7 nitrogen and oxygen atoms in total. The molecular formula is C14H19FN2O5S. The van der Waals surface area contributed by atoms with Gasteiger partial charge in [-0.2, -0.15) is 4.72 Å². The van der Waals surface area contributed by atoms with Gasteiger partial charge in [-0.25, -0.2) is 17.6 Å². The van der Waals surface area contributed by atoms with E-state index in [0.29, 0.717) is 0 Å². The quantitative estimate of drug-likeness (QED) is 0.673. The van der Waals surface area contributed by atoms with Crippen molar-refractivity contribution < 1.29 is 27.5 Å². The zero-order chi connectivity index (χ0) is 17.8. The van der Waals surface area contributed by atoms with Crippen LogP contribution in [0, 0.1) is 11.7 Å². The second kappa shape index (κ2) is 7.51. The average molecular weight is 346 g/mol. The van der Waals surface area contributed by atoms with Crippen molar-refractivity contribution in [2.75, 3.05) is 0 Å². The third kappa shape index (κ3) is 5.00. The van der Waals surface area contributed by atoms with E-state index in [-0.39, 0.29) is 5.92 Å². The third-order valence-electron chi connectivity index (χ3n) is 3.08. The minimum absolute atomic E-state index is 0.383. The Kier molecular flexibility index (Phi) is 6.22. The molecule has 0 aliphatic rings. The van der Waals surface area contributed by atoms with Gasteiger partial charge >= 0.3 is 5.97 Å². The predicted molar refractivity (Wildman–Crippen MR) is 80.6 cm³/mol. The van der Waals surface area contributed by atoms with Crippen molar-refractivity contribution in [1.82, 2.24) is 10.0 Å². The zero-order valence-electron chi connectivity index (χ0n) is 12.9. The molecule has 0 saturated carbocycles. The number of amides is 1. The molecule has 1 rings (SSSR count). The summed E-state index contributed by atoms with van der Waals surface area (Å²) in [6.07, 6.45) is 0. The van der Waals surface area contributed by atoms with Crippen LogP contribution in [0.3, 0.4) is 0 Å². The van der Waals surface area contributed by atoms with E-state index < -0.39 is 44.7 Å². The van der Waals surface area contributed by atoms with Crippen molar-refractivity contribution in [2.45, 2.75) is 37.8 Å². The lowest BCUT2D eigenvalue weighted by Crippen LogP contribution is -2.52. The first-order valence-electron chi connectivity index (χ1n) is 6.86. The molecule has 1 unspecified atom stereocenters. The average Bonchev–Trinajstić information content (AvgIpc) is 2.43. The molecule has 1 aromatic rings. The second-order valence-corrected chi connectivity index (χ2v) is 7.02. The molecule has 23 heavy (non-hydrogen) atoms. The number of carbonyl (C=O) groups is 2. The number of carbonyl (C=O) groups excluding carboxylic acids is 1. The summed E-state index contributed by atoms with van der Waals surface area (Å²) in [6, 6.07) is 2.32. The molecule has 0 saturated heterocycles. The Morgan fingerprint density at radius 2 is 1.74 bits per heavy atom. The molecule has 2 atom stereocenters. The molecule has 0 radical (unpaired) electrons. The third-order valence-corrected chi connectivity index (χ3v) is 4.66. The van der Waals surface area contributed by atoms with Gasteiger partial charge < -0.3 is 10.4 Å². The molecule has 1 aromatic carbocycles. The Morgan fingerprint density at radius 3 is 2.22 bits per heavy atom. The van der Waals surface area contributed by atoms with Gasteiger partial charge in [0.1, 0.15) is 16.8 Å². The van der Waals surface area contributed by atoms with Crippen LogP contribution >= 0.6 is 0 Å². The Balaban J connectivity index is 2.86. The number of sulfonamides is 1. The van der Waals surface area contributed by atoms with Crippen LogP contribution in [-0.2, 0) is 19.6 Å². The van der Waals surface area contributed by atoms with E-state index in [1.165, 1.54) is 19.1 Å². The van der Waals surface area contributed by atoms with Gasteiger partial charge in [0.2, 0.25) is 15.9 Å². The highest BCUT2D eigenvalue weighted by Gasteiger charge is 2.29. The fraction of sp³-hybridized carbons (Fsp3) is 0.429. The van der Waals surface area contributed by atoms with Crippen molar-refractivity contribution >= 4 is 21.9 Å². The van der Waals surface area contributed by atoms with Gasteiger partial charge in [0.15, 0.2) is 0 Å². The number of carboxylic acids is 1. The molecule has 1 amide bonds. The van der Waals surface area contributed by atoms with Crippen molar-refractivity contribution in [3.05, 3.63) is 30.1 Å². The maximum atomic E-state index is 13.6. The second-order valence-electron chi connectivity index (χ2n) is 5.34. The Labute approximate surface area is 133 Å². The van der Waals surface area contributed by atoms with Crippen molar-refractivity contribution in [3.63, 3.8) is 0 Å². The molecule has 0 bridgehead atoms. The van der Waals surface area contributed by atoms with E-state index in [2.05, 4.69) is 5.32 Å². The smallest absolute Gasteiger partial charge is 0.326 e. The minimum Gasteiger partial charge on any atom is -0.480 e. The number of benzene rings is 1. The van der Waals surface area contributed by atoms with Crippen molar-refractivity contribution in [3.8, 4) is 0 Å². The molecule has 0 aromatic heterocycles. The number of rotatable bonds is 7. The summed E-state index contributed by atoms with van der Waals surface area (Å²) in [5.41, 5.74) is 0. The number of carboxylic acid groups (broad SMARTS) is 1. The van der Waals surface area contributed by atoms with Crippen LogP contribution in [-0.4, -0.2) is 37.5 Å². The fourth-order valence-corrected chi connectivity index (χ4v) is 3.09. The van der Waals surface area contributed by atoms with E-state index in [0.717, 1.165) is 12.1 Å². The van der Waals surface area contributed by atoms with E-state index in [1.54, 1.807) is 13.8 Å². The Hall–Kier alpha value is -2.00. The summed E-state index contributed by atoms with van der Waals surface area (Å²) in [7, 11) is -4.24. The van der Waals surface area contributed by atoms with E-state index in [4.69, 9.17) is 5.11 Å². The lowest BCUT2D eigenvalue weighted by atomic mass is 10.0. The molecular weight excluding hydrogens is 327 g/mol. The zero-order valence-corrected chi connectivity index (χ0v) is 13.7. The first kappa shape index (κ1) is 19.0. The van der Waals surface area contributed by atoms with Crippen LogP contribution in [0.1, 0.15) is 20.8 Å². The fourth-order valence-electron chi connectivity index (χ4n) is 1.80. The van der Waals surface area contributed by atoms with Gasteiger partial charge in [0.05, 0.1) is 6.04 Å². The number of hydrogen-bond acceptors (Lipinski definition) is 4. The number of halogens is 1. The summed E-state index contributed by atoms with van der Waals surface area (Å²) in [5, 5.41) is 11.3. The summed E-state index contributed by atoms with van der Waals surface area (Å²) < 4.78 is 39.7. The van der Waals surface area contributed by atoms with E-state index in [9.17, 15) is 22.4 Å². The van der Waals surface area contributed by atoms with Crippen LogP contribution in [0.2, 0.25) is 0 Å².